The first kappa shape index (κ1) is 11.7. The van der Waals surface area contributed by atoms with Crippen LogP contribution >= 0.6 is 11.3 Å². The Hall–Kier alpha value is -1.73. The summed E-state index contributed by atoms with van der Waals surface area (Å²) in [6, 6.07) is 1.70. The zero-order valence-electron chi connectivity index (χ0n) is 9.05. The Bertz CT molecular complexity index is 480. The molecular formula is C10H12N4O2S. The monoisotopic (exact) mass is 252 g/mol. The molecule has 7 heteroatoms. The normalized spacial score (nSPS) is 10.4. The molecular weight excluding hydrogens is 240 g/mol. The van der Waals surface area contributed by atoms with E-state index in [0.717, 1.165) is 5.01 Å². The highest BCUT2D eigenvalue weighted by atomic mass is 32.1. The van der Waals surface area contributed by atoms with Gasteiger partial charge in [-0.05, 0) is 6.54 Å². The van der Waals surface area contributed by atoms with Crippen LogP contribution in [0.3, 0.4) is 0 Å². The van der Waals surface area contributed by atoms with Crippen LogP contribution in [-0.4, -0.2) is 22.6 Å². The number of nitrogens with zero attached hydrogens (tertiary/aromatic N) is 2. The summed E-state index contributed by atoms with van der Waals surface area (Å²) >= 11 is 1.44. The second-order valence-corrected chi connectivity index (χ2v) is 4.28. The number of nitrogens with two attached hydrogens (primary N) is 1. The van der Waals surface area contributed by atoms with Crippen molar-refractivity contribution < 1.29 is 9.32 Å². The summed E-state index contributed by atoms with van der Waals surface area (Å²) in [5.41, 5.74) is 6.51. The zero-order valence-corrected chi connectivity index (χ0v) is 9.87. The maximum atomic E-state index is 11.7. The fourth-order valence-corrected chi connectivity index (χ4v) is 2.04. The van der Waals surface area contributed by atoms with E-state index in [1.807, 2.05) is 0 Å². The average molecular weight is 252 g/mol. The Morgan fingerprint density at radius 2 is 2.47 bits per heavy atom. The highest BCUT2D eigenvalue weighted by molar-refractivity contribution is 7.09. The Morgan fingerprint density at radius 3 is 3.18 bits per heavy atom. The molecule has 0 radical (unpaired) electrons. The maximum absolute atomic E-state index is 11.7. The average Bonchev–Trinajstić information content (AvgIpc) is 2.97. The van der Waals surface area contributed by atoms with Crippen LogP contribution in [0.2, 0.25) is 0 Å². The van der Waals surface area contributed by atoms with Crippen LogP contribution in [0.1, 0.15) is 21.2 Å². The van der Waals surface area contributed by atoms with Crippen molar-refractivity contribution in [2.24, 2.45) is 5.73 Å². The van der Waals surface area contributed by atoms with Crippen molar-refractivity contribution in [3.63, 3.8) is 0 Å². The molecule has 2 aromatic heterocycles. The number of nitrogens with one attached hydrogen (secondary N) is 1. The van der Waals surface area contributed by atoms with Crippen LogP contribution in [0.5, 0.6) is 0 Å². The van der Waals surface area contributed by atoms with E-state index in [2.05, 4.69) is 20.0 Å². The lowest BCUT2D eigenvalue weighted by atomic mass is 10.4. The third-order valence-corrected chi connectivity index (χ3v) is 2.97. The van der Waals surface area contributed by atoms with E-state index in [1.54, 1.807) is 11.4 Å². The van der Waals surface area contributed by atoms with Gasteiger partial charge in [-0.2, -0.15) is 0 Å². The standard InChI is InChI=1S/C10H12N4O2S/c11-3-1-9-13-8(6-17-9)10(15)12-5-7-2-4-16-14-7/h2,4,6H,1,3,5,11H2,(H,12,15). The van der Waals surface area contributed by atoms with E-state index < -0.39 is 0 Å². The van der Waals surface area contributed by atoms with Crippen molar-refractivity contribution in [1.29, 1.82) is 0 Å². The fraction of sp³-hybridized carbons (Fsp3) is 0.300. The minimum Gasteiger partial charge on any atom is -0.364 e. The molecule has 0 aliphatic heterocycles. The Balaban J connectivity index is 1.90. The molecule has 0 saturated heterocycles. The quantitative estimate of drug-likeness (QED) is 0.811. The number of amides is 1. The predicted molar refractivity (Wildman–Crippen MR) is 62.5 cm³/mol. The minimum absolute atomic E-state index is 0.215. The molecule has 2 rings (SSSR count). The van der Waals surface area contributed by atoms with Gasteiger partial charge in [-0.1, -0.05) is 5.16 Å². The fourth-order valence-electron chi connectivity index (χ4n) is 1.24. The molecule has 0 spiro atoms. The molecule has 0 aliphatic rings. The second-order valence-electron chi connectivity index (χ2n) is 3.34. The summed E-state index contributed by atoms with van der Waals surface area (Å²) in [5, 5.41) is 9.00. The molecule has 17 heavy (non-hydrogen) atoms. The van der Waals surface area contributed by atoms with E-state index >= 15 is 0 Å². The predicted octanol–water partition coefficient (Wildman–Crippen LogP) is 0.562. The van der Waals surface area contributed by atoms with Crippen LogP contribution in [0.4, 0.5) is 0 Å². The molecule has 0 aliphatic carbocycles. The first-order chi connectivity index (χ1) is 8.29. The van der Waals surface area contributed by atoms with E-state index in [1.165, 1.54) is 17.6 Å². The third kappa shape index (κ3) is 3.11. The van der Waals surface area contributed by atoms with Gasteiger partial charge in [-0.15, -0.1) is 11.3 Å². The Kier molecular flexibility index (Phi) is 3.84. The number of carbonyl (C=O) groups is 1. The molecule has 1 amide bonds. The van der Waals surface area contributed by atoms with Crippen LogP contribution in [-0.2, 0) is 13.0 Å². The smallest absolute Gasteiger partial charge is 0.271 e. The van der Waals surface area contributed by atoms with Gasteiger partial charge in [0.15, 0.2) is 0 Å². The van der Waals surface area contributed by atoms with Gasteiger partial charge in [0.05, 0.1) is 11.6 Å². The lowest BCUT2D eigenvalue weighted by molar-refractivity contribution is 0.0945. The second kappa shape index (κ2) is 5.55. The molecule has 0 aromatic carbocycles. The van der Waals surface area contributed by atoms with Gasteiger partial charge in [0.1, 0.15) is 17.7 Å². The van der Waals surface area contributed by atoms with Crippen molar-refractivity contribution in [2.75, 3.05) is 6.54 Å². The van der Waals surface area contributed by atoms with Gasteiger partial charge in [-0.3, -0.25) is 4.79 Å². The van der Waals surface area contributed by atoms with Crippen LogP contribution in [0, 0.1) is 0 Å². The minimum atomic E-state index is -0.215. The maximum Gasteiger partial charge on any atom is 0.271 e. The lowest BCUT2D eigenvalue weighted by Crippen LogP contribution is -2.23. The molecule has 0 saturated carbocycles. The first-order valence-electron chi connectivity index (χ1n) is 5.11. The number of hydrogen-bond acceptors (Lipinski definition) is 6. The van der Waals surface area contributed by atoms with E-state index in [4.69, 9.17) is 5.73 Å². The number of thiazole rings is 1. The highest BCUT2D eigenvalue weighted by Gasteiger charge is 2.10. The molecule has 90 valence electrons. The van der Waals surface area contributed by atoms with E-state index in [-0.39, 0.29) is 5.91 Å². The molecule has 3 N–H and O–H groups in total. The molecule has 0 fully saturated rings. The Labute approximate surface area is 102 Å². The van der Waals surface area contributed by atoms with Gasteiger partial charge in [-0.25, -0.2) is 4.98 Å². The van der Waals surface area contributed by atoms with Gasteiger partial charge >= 0.3 is 0 Å². The highest BCUT2D eigenvalue weighted by Crippen LogP contribution is 2.10. The summed E-state index contributed by atoms with van der Waals surface area (Å²) < 4.78 is 4.66. The van der Waals surface area contributed by atoms with Crippen LogP contribution in [0.15, 0.2) is 22.2 Å². The van der Waals surface area contributed by atoms with E-state index in [9.17, 15) is 4.79 Å². The van der Waals surface area contributed by atoms with Crippen molar-refractivity contribution in [3.8, 4) is 0 Å². The zero-order chi connectivity index (χ0) is 12.1. The first-order valence-corrected chi connectivity index (χ1v) is 5.99. The van der Waals surface area contributed by atoms with E-state index in [0.29, 0.717) is 30.9 Å². The number of aromatic nitrogens is 2. The SMILES string of the molecule is NCCc1nc(C(=O)NCc2ccon2)cs1. The molecule has 0 atom stereocenters. The molecule has 6 nitrogen and oxygen atoms in total. The van der Waals surface area contributed by atoms with Crippen molar-refractivity contribution >= 4 is 17.2 Å². The van der Waals surface area contributed by atoms with Crippen molar-refractivity contribution in [2.45, 2.75) is 13.0 Å². The van der Waals surface area contributed by atoms with Crippen LogP contribution in [0.25, 0.3) is 0 Å². The Morgan fingerprint density at radius 1 is 1.59 bits per heavy atom. The molecule has 2 aromatic rings. The van der Waals surface area contributed by atoms with Crippen LogP contribution < -0.4 is 11.1 Å². The summed E-state index contributed by atoms with van der Waals surface area (Å²) in [7, 11) is 0. The largest absolute Gasteiger partial charge is 0.364 e. The topological polar surface area (TPSA) is 94.0 Å². The molecule has 0 bridgehead atoms. The summed E-state index contributed by atoms with van der Waals surface area (Å²) in [5.74, 6) is -0.215. The summed E-state index contributed by atoms with van der Waals surface area (Å²) in [6.07, 6.45) is 2.16. The number of hydrogen-bond donors (Lipinski definition) is 2. The molecule has 0 unspecified atom stereocenters. The molecule has 2 heterocycles. The van der Waals surface area contributed by atoms with Crippen molar-refractivity contribution in [1.82, 2.24) is 15.5 Å². The lowest BCUT2D eigenvalue weighted by Gasteiger charge is -1.98. The summed E-state index contributed by atoms with van der Waals surface area (Å²) in [6.45, 7) is 0.868. The van der Waals surface area contributed by atoms with Gasteiger partial charge in [0.2, 0.25) is 0 Å². The van der Waals surface area contributed by atoms with Gasteiger partial charge in [0.25, 0.3) is 5.91 Å². The number of carbonyl (C=O) groups excluding carboxylic acids is 1. The van der Waals surface area contributed by atoms with Crippen molar-refractivity contribution in [3.05, 3.63) is 34.1 Å². The van der Waals surface area contributed by atoms with Gasteiger partial charge in [0, 0.05) is 17.9 Å². The summed E-state index contributed by atoms with van der Waals surface area (Å²) in [4.78, 5) is 15.9. The number of rotatable bonds is 5. The van der Waals surface area contributed by atoms with Gasteiger partial charge < -0.3 is 15.6 Å². The third-order valence-electron chi connectivity index (χ3n) is 2.06.